The minimum atomic E-state index is -1.01. The number of nitrogens with one attached hydrogen (secondary N) is 1. The third kappa shape index (κ3) is 1.75. The van der Waals surface area contributed by atoms with E-state index in [9.17, 15) is 9.59 Å². The first-order valence-corrected chi connectivity index (χ1v) is 5.18. The molecule has 1 unspecified atom stereocenters. The van der Waals surface area contributed by atoms with Gasteiger partial charge < -0.3 is 16.5 Å². The third-order valence-corrected chi connectivity index (χ3v) is 2.98. The van der Waals surface area contributed by atoms with Gasteiger partial charge in [0.1, 0.15) is 5.41 Å². The molecule has 1 atom stereocenters. The van der Waals surface area contributed by atoms with E-state index in [1.807, 2.05) is 0 Å². The molecule has 0 aromatic carbocycles. The Labute approximate surface area is 98.2 Å². The van der Waals surface area contributed by atoms with E-state index in [4.69, 9.17) is 11.5 Å². The molecule has 17 heavy (non-hydrogen) atoms. The first kappa shape index (κ1) is 11.2. The van der Waals surface area contributed by atoms with E-state index in [1.165, 1.54) is 0 Å². The first-order valence-electron chi connectivity index (χ1n) is 5.18. The smallest absolute Gasteiger partial charge is 0.244 e. The van der Waals surface area contributed by atoms with Gasteiger partial charge in [0.2, 0.25) is 11.8 Å². The molecule has 1 aromatic heterocycles. The van der Waals surface area contributed by atoms with Crippen LogP contribution < -0.4 is 11.5 Å². The van der Waals surface area contributed by atoms with E-state index in [-0.39, 0.29) is 6.42 Å². The fourth-order valence-electron chi connectivity index (χ4n) is 2.01. The Balaban J connectivity index is 2.47. The lowest BCUT2D eigenvalue weighted by molar-refractivity contribution is -0.122. The van der Waals surface area contributed by atoms with Crippen molar-refractivity contribution in [2.24, 2.45) is 11.5 Å². The van der Waals surface area contributed by atoms with Crippen LogP contribution >= 0.6 is 0 Å². The maximum absolute atomic E-state index is 11.7. The Bertz CT molecular complexity index is 514. The summed E-state index contributed by atoms with van der Waals surface area (Å²) in [6.07, 6.45) is 6.82. The second-order valence-corrected chi connectivity index (χ2v) is 4.01. The lowest BCUT2D eigenvalue weighted by Crippen LogP contribution is -2.42. The van der Waals surface area contributed by atoms with Crippen molar-refractivity contribution in [3.63, 3.8) is 0 Å². The summed E-state index contributed by atoms with van der Waals surface area (Å²) < 4.78 is 0. The zero-order valence-electron chi connectivity index (χ0n) is 9.14. The van der Waals surface area contributed by atoms with Crippen LogP contribution in [0.2, 0.25) is 0 Å². The summed E-state index contributed by atoms with van der Waals surface area (Å²) >= 11 is 0. The molecule has 5 N–H and O–H groups in total. The molecule has 2 rings (SSSR count). The summed E-state index contributed by atoms with van der Waals surface area (Å²) in [4.78, 5) is 25.9. The molecular formula is C12H13N3O2. The van der Waals surface area contributed by atoms with Gasteiger partial charge in [0.25, 0.3) is 0 Å². The Hall–Kier alpha value is -2.30. The van der Waals surface area contributed by atoms with Gasteiger partial charge >= 0.3 is 0 Å². The van der Waals surface area contributed by atoms with E-state index in [1.54, 1.807) is 36.6 Å². The Morgan fingerprint density at radius 2 is 2.12 bits per heavy atom. The fourth-order valence-corrected chi connectivity index (χ4v) is 2.01. The molecule has 0 radical (unpaired) electrons. The number of amides is 2. The van der Waals surface area contributed by atoms with Crippen LogP contribution in [0.25, 0.3) is 0 Å². The van der Waals surface area contributed by atoms with E-state index in [0.717, 1.165) is 0 Å². The SMILES string of the molecule is NC(=O)C1=CC=CC(C(N)=O)(c2ccc[nH]2)C1. The van der Waals surface area contributed by atoms with Gasteiger partial charge in [0.15, 0.2) is 0 Å². The topological polar surface area (TPSA) is 102 Å². The van der Waals surface area contributed by atoms with Crippen LogP contribution in [-0.4, -0.2) is 16.8 Å². The van der Waals surface area contributed by atoms with Gasteiger partial charge in [-0.1, -0.05) is 18.2 Å². The van der Waals surface area contributed by atoms with E-state index in [2.05, 4.69) is 4.98 Å². The van der Waals surface area contributed by atoms with Gasteiger partial charge in [-0.3, -0.25) is 9.59 Å². The van der Waals surface area contributed by atoms with Crippen molar-refractivity contribution >= 4 is 11.8 Å². The number of aromatic amines is 1. The monoisotopic (exact) mass is 231 g/mol. The molecule has 5 heteroatoms. The predicted molar refractivity (Wildman–Crippen MR) is 62.7 cm³/mol. The summed E-state index contributed by atoms with van der Waals surface area (Å²) in [5.74, 6) is -1.05. The van der Waals surface area contributed by atoms with Gasteiger partial charge in [0.05, 0.1) is 0 Å². The number of hydrogen-bond acceptors (Lipinski definition) is 2. The number of rotatable bonds is 3. The van der Waals surface area contributed by atoms with E-state index in [0.29, 0.717) is 11.3 Å². The number of carbonyl (C=O) groups excluding carboxylic acids is 2. The molecule has 0 bridgehead atoms. The molecule has 1 aliphatic carbocycles. The normalized spacial score (nSPS) is 23.2. The summed E-state index contributed by atoms with van der Waals surface area (Å²) in [5, 5.41) is 0. The van der Waals surface area contributed by atoms with Gasteiger partial charge in [0, 0.05) is 23.9 Å². The van der Waals surface area contributed by atoms with Crippen molar-refractivity contribution < 1.29 is 9.59 Å². The molecule has 1 aliphatic rings. The van der Waals surface area contributed by atoms with Gasteiger partial charge in [-0.15, -0.1) is 0 Å². The van der Waals surface area contributed by atoms with Gasteiger partial charge in [-0.05, 0) is 12.1 Å². The summed E-state index contributed by atoms with van der Waals surface area (Å²) in [5.41, 5.74) is 10.7. The van der Waals surface area contributed by atoms with Gasteiger partial charge in [-0.25, -0.2) is 0 Å². The lowest BCUT2D eigenvalue weighted by atomic mass is 9.75. The molecule has 1 heterocycles. The number of nitrogens with two attached hydrogens (primary N) is 2. The highest BCUT2D eigenvalue weighted by atomic mass is 16.1. The minimum Gasteiger partial charge on any atom is -0.369 e. The van der Waals surface area contributed by atoms with Crippen LogP contribution in [0.15, 0.2) is 42.1 Å². The highest BCUT2D eigenvalue weighted by molar-refractivity contribution is 5.97. The van der Waals surface area contributed by atoms with Crippen LogP contribution in [0.1, 0.15) is 12.1 Å². The second-order valence-electron chi connectivity index (χ2n) is 4.01. The van der Waals surface area contributed by atoms with Gasteiger partial charge in [-0.2, -0.15) is 0 Å². The van der Waals surface area contributed by atoms with E-state index >= 15 is 0 Å². The zero-order valence-corrected chi connectivity index (χ0v) is 9.14. The summed E-state index contributed by atoms with van der Waals surface area (Å²) in [6, 6.07) is 3.54. The number of allylic oxidation sites excluding steroid dienone is 2. The first-order chi connectivity index (χ1) is 8.06. The molecular weight excluding hydrogens is 218 g/mol. The molecule has 88 valence electrons. The Morgan fingerprint density at radius 1 is 1.35 bits per heavy atom. The molecule has 0 fully saturated rings. The predicted octanol–water partition coefficient (Wildman–Crippen LogP) is 0.109. The van der Waals surface area contributed by atoms with Crippen LogP contribution in [0, 0.1) is 0 Å². The molecule has 5 nitrogen and oxygen atoms in total. The number of carbonyl (C=O) groups is 2. The average molecular weight is 231 g/mol. The summed E-state index contributed by atoms with van der Waals surface area (Å²) in [7, 11) is 0. The molecule has 0 saturated heterocycles. The molecule has 2 amide bonds. The highest BCUT2D eigenvalue weighted by Gasteiger charge is 2.39. The average Bonchev–Trinajstić information content (AvgIpc) is 2.82. The Morgan fingerprint density at radius 3 is 2.65 bits per heavy atom. The number of H-pyrrole nitrogens is 1. The third-order valence-electron chi connectivity index (χ3n) is 2.98. The van der Waals surface area contributed by atoms with Crippen molar-refractivity contribution in [1.29, 1.82) is 0 Å². The number of hydrogen-bond donors (Lipinski definition) is 3. The van der Waals surface area contributed by atoms with Crippen molar-refractivity contribution in [1.82, 2.24) is 4.98 Å². The Kier molecular flexibility index (Phi) is 2.59. The van der Waals surface area contributed by atoms with Crippen LogP contribution in [0.3, 0.4) is 0 Å². The van der Waals surface area contributed by atoms with Crippen molar-refractivity contribution in [3.05, 3.63) is 47.8 Å². The number of primary amides is 2. The van der Waals surface area contributed by atoms with Crippen molar-refractivity contribution in [2.75, 3.05) is 0 Å². The molecule has 1 aromatic rings. The van der Waals surface area contributed by atoms with Crippen molar-refractivity contribution in [2.45, 2.75) is 11.8 Å². The molecule has 0 aliphatic heterocycles. The van der Waals surface area contributed by atoms with E-state index < -0.39 is 17.2 Å². The van der Waals surface area contributed by atoms with Crippen LogP contribution in [0.5, 0.6) is 0 Å². The number of aromatic nitrogens is 1. The van der Waals surface area contributed by atoms with Crippen molar-refractivity contribution in [3.8, 4) is 0 Å². The zero-order chi connectivity index (χ0) is 12.5. The standard InChI is InChI=1S/C12H13N3O2/c13-10(16)8-3-1-5-12(7-8,11(14)17)9-4-2-6-15-9/h1-6,15H,7H2,(H2,13,16)(H2,14,17). The second kappa shape index (κ2) is 3.93. The maximum atomic E-state index is 11.7. The molecule has 0 saturated carbocycles. The fraction of sp³-hybridized carbons (Fsp3) is 0.167. The molecule has 0 spiro atoms. The van der Waals surface area contributed by atoms with Crippen LogP contribution in [0.4, 0.5) is 0 Å². The maximum Gasteiger partial charge on any atom is 0.244 e. The highest BCUT2D eigenvalue weighted by Crippen LogP contribution is 2.34. The largest absolute Gasteiger partial charge is 0.369 e. The summed E-state index contributed by atoms with van der Waals surface area (Å²) in [6.45, 7) is 0. The quantitative estimate of drug-likeness (QED) is 0.687. The minimum absolute atomic E-state index is 0.189. The lowest BCUT2D eigenvalue weighted by Gasteiger charge is -2.28. The van der Waals surface area contributed by atoms with Crippen LogP contribution in [-0.2, 0) is 15.0 Å².